The maximum Gasteiger partial charge on any atom is 0.281 e. The summed E-state index contributed by atoms with van der Waals surface area (Å²) >= 11 is 0. The van der Waals surface area contributed by atoms with Crippen molar-refractivity contribution in [3.8, 4) is 16.9 Å². The number of hydrogen-bond acceptors (Lipinski definition) is 2. The molecule has 2 nitrogen and oxygen atoms in total. The minimum atomic E-state index is -2.80. The molecule has 0 aromatic heterocycles. The van der Waals surface area contributed by atoms with E-state index in [2.05, 4.69) is 26.1 Å². The molecule has 1 unspecified atom stereocenters. The molecule has 0 spiro atoms. The Bertz CT molecular complexity index is 717. The van der Waals surface area contributed by atoms with E-state index in [4.69, 9.17) is 4.52 Å². The van der Waals surface area contributed by atoms with E-state index in [0.29, 0.717) is 6.16 Å². The molecule has 1 heterocycles. The standard InChI is InChI=1S/C17H21O2P2/c1-20(2,3)12-13-21(18)17-11-7-5-9-15(17)14-8-4-6-10-16(14)19-21/h4-11H,12-13H2,1-3H3/q+1. The molecule has 0 saturated heterocycles. The molecule has 2 aromatic carbocycles. The molecule has 0 amide bonds. The SMILES string of the molecule is C[P+](C)(C)CCP1(=O)Oc2ccccc2-c2ccccc21. The molecule has 0 bridgehead atoms. The number of rotatable bonds is 3. The minimum absolute atomic E-state index is 0.635. The maximum atomic E-state index is 13.5. The molecule has 1 atom stereocenters. The van der Waals surface area contributed by atoms with Gasteiger partial charge >= 0.3 is 0 Å². The van der Waals surface area contributed by atoms with Crippen LogP contribution in [0.3, 0.4) is 0 Å². The van der Waals surface area contributed by atoms with E-state index in [1.54, 1.807) is 0 Å². The summed E-state index contributed by atoms with van der Waals surface area (Å²) in [6, 6.07) is 15.9. The van der Waals surface area contributed by atoms with Gasteiger partial charge in [-0.2, -0.15) is 0 Å². The molecule has 0 fully saturated rings. The molecule has 0 aliphatic carbocycles. The molecular weight excluding hydrogens is 298 g/mol. The van der Waals surface area contributed by atoms with Crippen LogP contribution in [-0.2, 0) is 4.57 Å². The molecule has 21 heavy (non-hydrogen) atoms. The zero-order valence-corrected chi connectivity index (χ0v) is 14.5. The summed E-state index contributed by atoms with van der Waals surface area (Å²) in [4.78, 5) is 0. The lowest BCUT2D eigenvalue weighted by molar-refractivity contribution is 0.492. The Morgan fingerprint density at radius 3 is 2.29 bits per heavy atom. The van der Waals surface area contributed by atoms with Gasteiger partial charge in [-0.1, -0.05) is 36.4 Å². The second kappa shape index (κ2) is 5.27. The lowest BCUT2D eigenvalue weighted by atomic mass is 10.0. The monoisotopic (exact) mass is 319 g/mol. The Balaban J connectivity index is 2.08. The van der Waals surface area contributed by atoms with Crippen LogP contribution in [0.1, 0.15) is 0 Å². The smallest absolute Gasteiger partial charge is 0.281 e. The highest BCUT2D eigenvalue weighted by molar-refractivity contribution is 7.75. The van der Waals surface area contributed by atoms with Gasteiger partial charge in [0.05, 0.1) is 17.6 Å². The summed E-state index contributed by atoms with van der Waals surface area (Å²) in [5.41, 5.74) is 2.11. The van der Waals surface area contributed by atoms with Crippen LogP contribution in [0.5, 0.6) is 5.75 Å². The Morgan fingerprint density at radius 2 is 1.57 bits per heavy atom. The van der Waals surface area contributed by atoms with Crippen LogP contribution in [0.25, 0.3) is 11.1 Å². The van der Waals surface area contributed by atoms with Crippen molar-refractivity contribution in [1.82, 2.24) is 0 Å². The molecule has 1 aliphatic heterocycles. The summed E-state index contributed by atoms with van der Waals surface area (Å²) in [5, 5.41) is 0.886. The van der Waals surface area contributed by atoms with Crippen molar-refractivity contribution < 1.29 is 9.09 Å². The van der Waals surface area contributed by atoms with Crippen molar-refractivity contribution in [3.63, 3.8) is 0 Å². The predicted molar refractivity (Wildman–Crippen MR) is 94.2 cm³/mol. The van der Waals surface area contributed by atoms with Crippen LogP contribution in [0.15, 0.2) is 48.5 Å². The number of hydrogen-bond donors (Lipinski definition) is 0. The highest BCUT2D eigenvalue weighted by Gasteiger charge is 2.37. The van der Waals surface area contributed by atoms with Gasteiger partial charge in [-0.05, 0) is 17.7 Å². The molecule has 0 saturated carbocycles. The van der Waals surface area contributed by atoms with Crippen LogP contribution in [0.2, 0.25) is 0 Å². The van der Waals surface area contributed by atoms with E-state index < -0.39 is 14.6 Å². The second-order valence-corrected chi connectivity index (χ2v) is 14.0. The zero-order chi connectivity index (χ0) is 15.1. The third-order valence-electron chi connectivity index (χ3n) is 3.76. The van der Waals surface area contributed by atoms with E-state index in [1.807, 2.05) is 42.5 Å². The average Bonchev–Trinajstić information content (AvgIpc) is 2.45. The van der Waals surface area contributed by atoms with E-state index in [0.717, 1.165) is 28.3 Å². The summed E-state index contributed by atoms with van der Waals surface area (Å²) in [5.74, 6) is 0.756. The quantitative estimate of drug-likeness (QED) is 0.776. The molecule has 110 valence electrons. The number of fused-ring (bicyclic) bond motifs is 3. The van der Waals surface area contributed by atoms with Crippen LogP contribution in [0, 0.1) is 0 Å². The van der Waals surface area contributed by atoms with Crippen molar-refractivity contribution in [2.24, 2.45) is 0 Å². The fraction of sp³-hybridized carbons (Fsp3) is 0.294. The molecule has 0 N–H and O–H groups in total. The third-order valence-corrected chi connectivity index (χ3v) is 8.11. The summed E-state index contributed by atoms with van der Waals surface area (Å²) in [7, 11) is -3.78. The highest BCUT2D eigenvalue weighted by Crippen LogP contribution is 2.58. The first kappa shape index (κ1) is 14.8. The lowest BCUT2D eigenvalue weighted by Gasteiger charge is -2.29. The average molecular weight is 319 g/mol. The van der Waals surface area contributed by atoms with E-state index in [-0.39, 0.29) is 0 Å². The lowest BCUT2D eigenvalue weighted by Crippen LogP contribution is -2.21. The van der Waals surface area contributed by atoms with Crippen LogP contribution in [0.4, 0.5) is 0 Å². The number of para-hydroxylation sites is 1. The maximum absolute atomic E-state index is 13.5. The minimum Gasteiger partial charge on any atom is -0.439 e. The Labute approximate surface area is 127 Å². The topological polar surface area (TPSA) is 26.3 Å². The molecule has 4 heteroatoms. The van der Waals surface area contributed by atoms with Crippen molar-refractivity contribution in [2.75, 3.05) is 32.3 Å². The van der Waals surface area contributed by atoms with E-state index in [1.165, 1.54) is 0 Å². The first-order chi connectivity index (χ1) is 9.89. The largest absolute Gasteiger partial charge is 0.439 e. The first-order valence-electron chi connectivity index (χ1n) is 7.17. The van der Waals surface area contributed by atoms with Crippen molar-refractivity contribution in [3.05, 3.63) is 48.5 Å². The summed E-state index contributed by atoms with van der Waals surface area (Å²) in [6.07, 6.45) is 1.62. The van der Waals surface area contributed by atoms with Gasteiger partial charge in [0.15, 0.2) is 0 Å². The zero-order valence-electron chi connectivity index (χ0n) is 12.7. The molecule has 0 radical (unpaired) electrons. The molecule has 2 aromatic rings. The van der Waals surface area contributed by atoms with Gasteiger partial charge in [0.2, 0.25) is 0 Å². The van der Waals surface area contributed by atoms with Crippen molar-refractivity contribution in [1.29, 1.82) is 0 Å². The van der Waals surface area contributed by atoms with E-state index >= 15 is 0 Å². The highest BCUT2D eigenvalue weighted by atomic mass is 31.2. The molecule has 3 rings (SSSR count). The fourth-order valence-corrected chi connectivity index (χ4v) is 7.81. The van der Waals surface area contributed by atoms with Gasteiger partial charge in [-0.3, -0.25) is 4.57 Å². The van der Waals surface area contributed by atoms with Crippen LogP contribution in [-0.4, -0.2) is 32.3 Å². The Hall–Kier alpha value is -1.10. The van der Waals surface area contributed by atoms with Crippen LogP contribution < -0.4 is 9.83 Å². The van der Waals surface area contributed by atoms with Crippen molar-refractivity contribution in [2.45, 2.75) is 0 Å². The van der Waals surface area contributed by atoms with E-state index in [9.17, 15) is 4.57 Å². The normalized spacial score (nSPS) is 20.3. The van der Waals surface area contributed by atoms with Crippen molar-refractivity contribution >= 4 is 19.9 Å². The van der Waals surface area contributed by atoms with Gasteiger partial charge in [0.25, 0.3) is 7.37 Å². The van der Waals surface area contributed by atoms with Gasteiger partial charge < -0.3 is 4.52 Å². The molecular formula is C17H21O2P2+. The fourth-order valence-electron chi connectivity index (χ4n) is 2.57. The summed E-state index contributed by atoms with van der Waals surface area (Å²) < 4.78 is 19.5. The van der Waals surface area contributed by atoms with Gasteiger partial charge in [-0.15, -0.1) is 0 Å². The van der Waals surface area contributed by atoms with Gasteiger partial charge in [0, 0.05) is 32.8 Å². The molecule has 1 aliphatic rings. The Kier molecular flexibility index (Phi) is 3.72. The first-order valence-corrected chi connectivity index (χ1v) is 12.3. The summed E-state index contributed by atoms with van der Waals surface area (Å²) in [6.45, 7) is 6.84. The third kappa shape index (κ3) is 2.93. The van der Waals surface area contributed by atoms with Gasteiger partial charge in [-0.25, -0.2) is 0 Å². The van der Waals surface area contributed by atoms with Crippen LogP contribution >= 0.6 is 14.6 Å². The Morgan fingerprint density at radius 1 is 0.952 bits per heavy atom. The predicted octanol–water partition coefficient (Wildman–Crippen LogP) is 4.56. The number of benzene rings is 2. The van der Waals surface area contributed by atoms with Gasteiger partial charge in [0.1, 0.15) is 5.75 Å². The second-order valence-electron chi connectivity index (χ2n) is 6.52.